The number of carbonyl (C=O) groups is 1. The van der Waals surface area contributed by atoms with Crippen molar-refractivity contribution in [1.29, 1.82) is 0 Å². The lowest BCUT2D eigenvalue weighted by atomic mass is 10.1. The molecule has 1 aromatic heterocycles. The van der Waals surface area contributed by atoms with Gasteiger partial charge in [0.05, 0.1) is 18.1 Å². The Morgan fingerprint density at radius 2 is 2.16 bits per heavy atom. The number of aromatic nitrogens is 2. The summed E-state index contributed by atoms with van der Waals surface area (Å²) < 4.78 is 5.41. The molecule has 4 rings (SSSR count). The van der Waals surface area contributed by atoms with Crippen molar-refractivity contribution in [2.45, 2.75) is 51.5 Å². The van der Waals surface area contributed by atoms with Crippen molar-refractivity contribution >= 4 is 17.8 Å². The summed E-state index contributed by atoms with van der Waals surface area (Å²) in [6.45, 7) is 5.83. The van der Waals surface area contributed by atoms with Crippen LogP contribution in [0.3, 0.4) is 0 Å². The molecule has 8 nitrogen and oxygen atoms in total. The zero-order chi connectivity index (χ0) is 22.2. The van der Waals surface area contributed by atoms with Gasteiger partial charge in [-0.2, -0.15) is 0 Å². The van der Waals surface area contributed by atoms with Crippen molar-refractivity contribution in [3.63, 3.8) is 0 Å². The normalized spacial score (nSPS) is 21.7. The van der Waals surface area contributed by atoms with E-state index in [9.17, 15) is 4.79 Å². The number of aryl methyl sites for hydroxylation is 1. The standard InChI is InChI=1S/C24H31N5O3/c1-18-6-2-3-7-19(18)16-29-12-11-21(17-29)27-22-15-25-20(14-26-22)9-10-23(30)28-32-24-8-4-5-13-31-24/h2-3,6-7,9-10,14-15,21,24H,4-5,8,11-13,16-17H2,1H3,(H,26,27)(H,28,30)/t21-,24?/m1/s1. The highest BCUT2D eigenvalue weighted by Crippen LogP contribution is 2.18. The molecule has 0 aliphatic carbocycles. The number of anilines is 1. The number of hydrogen-bond acceptors (Lipinski definition) is 7. The number of carbonyl (C=O) groups excluding carboxylic acids is 1. The van der Waals surface area contributed by atoms with Crippen molar-refractivity contribution in [3.05, 3.63) is 59.6 Å². The van der Waals surface area contributed by atoms with Crippen LogP contribution in [0.25, 0.3) is 6.08 Å². The van der Waals surface area contributed by atoms with Crippen molar-refractivity contribution in [3.8, 4) is 0 Å². The first kappa shape index (κ1) is 22.4. The Bertz CT molecular complexity index is 912. The molecule has 2 aromatic rings. The fraction of sp³-hybridized carbons (Fsp3) is 0.458. The molecule has 0 spiro atoms. The largest absolute Gasteiger partial charge is 0.365 e. The predicted molar refractivity (Wildman–Crippen MR) is 122 cm³/mol. The van der Waals surface area contributed by atoms with Gasteiger partial charge >= 0.3 is 0 Å². The summed E-state index contributed by atoms with van der Waals surface area (Å²) >= 11 is 0. The molecule has 2 saturated heterocycles. The second-order valence-electron chi connectivity index (χ2n) is 8.33. The predicted octanol–water partition coefficient (Wildman–Crippen LogP) is 3.06. The van der Waals surface area contributed by atoms with E-state index in [1.165, 1.54) is 17.2 Å². The molecule has 0 radical (unpaired) electrons. The average Bonchev–Trinajstić information content (AvgIpc) is 3.26. The third-order valence-electron chi connectivity index (χ3n) is 5.79. The Morgan fingerprint density at radius 3 is 2.94 bits per heavy atom. The minimum absolute atomic E-state index is 0.347. The molecule has 2 aliphatic rings. The second kappa shape index (κ2) is 11.2. The lowest BCUT2D eigenvalue weighted by Gasteiger charge is -2.21. The molecule has 2 N–H and O–H groups in total. The van der Waals surface area contributed by atoms with Gasteiger partial charge < -0.3 is 10.1 Å². The van der Waals surface area contributed by atoms with E-state index in [1.54, 1.807) is 18.5 Å². The van der Waals surface area contributed by atoms with Gasteiger partial charge in [0.25, 0.3) is 5.91 Å². The lowest BCUT2D eigenvalue weighted by Crippen LogP contribution is -2.32. The van der Waals surface area contributed by atoms with Gasteiger partial charge in [0.2, 0.25) is 0 Å². The average molecular weight is 438 g/mol. The van der Waals surface area contributed by atoms with Crippen LogP contribution >= 0.6 is 0 Å². The number of ether oxygens (including phenoxy) is 1. The smallest absolute Gasteiger partial charge is 0.267 e. The van der Waals surface area contributed by atoms with Gasteiger partial charge in [0.1, 0.15) is 5.82 Å². The summed E-state index contributed by atoms with van der Waals surface area (Å²) in [5, 5.41) is 3.47. The van der Waals surface area contributed by atoms with Crippen LogP contribution < -0.4 is 10.8 Å². The van der Waals surface area contributed by atoms with Crippen LogP contribution in [0.1, 0.15) is 42.5 Å². The molecule has 32 heavy (non-hydrogen) atoms. The third-order valence-corrected chi connectivity index (χ3v) is 5.79. The molecule has 2 aliphatic heterocycles. The Kier molecular flexibility index (Phi) is 7.82. The van der Waals surface area contributed by atoms with Crippen molar-refractivity contribution in [2.24, 2.45) is 0 Å². The fourth-order valence-corrected chi connectivity index (χ4v) is 3.95. The Balaban J connectivity index is 1.20. The molecule has 1 amide bonds. The number of nitrogens with one attached hydrogen (secondary N) is 2. The van der Waals surface area contributed by atoms with Crippen LogP contribution in [-0.4, -0.2) is 52.8 Å². The Hall–Kier alpha value is -2.81. The maximum atomic E-state index is 11.9. The minimum atomic E-state index is -0.366. The molecule has 3 heterocycles. The maximum absolute atomic E-state index is 11.9. The molecule has 170 valence electrons. The van der Waals surface area contributed by atoms with Crippen molar-refractivity contribution in [1.82, 2.24) is 20.3 Å². The van der Waals surface area contributed by atoms with Crippen LogP contribution in [0.15, 0.2) is 42.7 Å². The number of benzene rings is 1. The zero-order valence-electron chi connectivity index (χ0n) is 18.5. The lowest BCUT2D eigenvalue weighted by molar-refractivity contribution is -0.198. The van der Waals surface area contributed by atoms with E-state index < -0.39 is 0 Å². The van der Waals surface area contributed by atoms with Crippen LogP contribution in [-0.2, 0) is 20.9 Å². The van der Waals surface area contributed by atoms with Crippen molar-refractivity contribution in [2.75, 3.05) is 25.0 Å². The summed E-state index contributed by atoms with van der Waals surface area (Å²) in [4.78, 5) is 28.4. The van der Waals surface area contributed by atoms with Gasteiger partial charge in [0.15, 0.2) is 6.29 Å². The SMILES string of the molecule is Cc1ccccc1CN1CC[C@@H](Nc2cnc(C=CC(=O)NOC3CCCCO3)cn2)C1. The van der Waals surface area contributed by atoms with Gasteiger partial charge in [0, 0.05) is 44.8 Å². The number of hydrogen-bond donors (Lipinski definition) is 2. The highest BCUT2D eigenvalue weighted by molar-refractivity contribution is 5.90. The van der Waals surface area contributed by atoms with E-state index in [-0.39, 0.29) is 12.2 Å². The van der Waals surface area contributed by atoms with E-state index >= 15 is 0 Å². The number of amides is 1. The number of rotatable bonds is 8. The monoisotopic (exact) mass is 437 g/mol. The first-order valence-corrected chi connectivity index (χ1v) is 11.3. The number of hydroxylamine groups is 1. The van der Waals surface area contributed by atoms with Gasteiger partial charge in [-0.25, -0.2) is 15.3 Å². The topological polar surface area (TPSA) is 88.6 Å². The van der Waals surface area contributed by atoms with E-state index in [2.05, 4.69) is 56.9 Å². The highest BCUT2D eigenvalue weighted by Gasteiger charge is 2.23. The molecule has 1 aromatic carbocycles. The number of nitrogens with zero attached hydrogens (tertiary/aromatic N) is 3. The van der Waals surface area contributed by atoms with Gasteiger partial charge in [-0.15, -0.1) is 0 Å². The molecule has 0 bridgehead atoms. The van der Waals surface area contributed by atoms with Crippen LogP contribution in [0, 0.1) is 6.92 Å². The van der Waals surface area contributed by atoms with E-state index in [0.717, 1.165) is 51.1 Å². The van der Waals surface area contributed by atoms with Gasteiger partial charge in [-0.1, -0.05) is 24.3 Å². The number of likely N-dealkylation sites (tertiary alicyclic amines) is 1. The first-order chi connectivity index (χ1) is 15.7. The van der Waals surface area contributed by atoms with E-state index in [0.29, 0.717) is 18.3 Å². The Morgan fingerprint density at radius 1 is 1.25 bits per heavy atom. The van der Waals surface area contributed by atoms with E-state index in [1.807, 2.05) is 0 Å². The van der Waals surface area contributed by atoms with Gasteiger partial charge in [-0.3, -0.25) is 14.7 Å². The highest BCUT2D eigenvalue weighted by atomic mass is 16.8. The molecule has 2 atom stereocenters. The molecular formula is C24H31N5O3. The quantitative estimate of drug-likeness (QED) is 0.485. The second-order valence-corrected chi connectivity index (χ2v) is 8.33. The minimum Gasteiger partial charge on any atom is -0.365 e. The zero-order valence-corrected chi connectivity index (χ0v) is 18.5. The molecule has 2 fully saturated rings. The van der Waals surface area contributed by atoms with Gasteiger partial charge in [-0.05, 0) is 43.4 Å². The maximum Gasteiger partial charge on any atom is 0.267 e. The van der Waals surface area contributed by atoms with E-state index in [4.69, 9.17) is 9.57 Å². The third kappa shape index (κ3) is 6.59. The molecule has 8 heteroatoms. The summed E-state index contributed by atoms with van der Waals surface area (Å²) in [5.41, 5.74) is 5.71. The molecule has 1 unspecified atom stereocenters. The molecule has 0 saturated carbocycles. The molecular weight excluding hydrogens is 406 g/mol. The first-order valence-electron chi connectivity index (χ1n) is 11.3. The van der Waals surface area contributed by atoms with Crippen LogP contribution in [0.5, 0.6) is 0 Å². The fourth-order valence-electron chi connectivity index (χ4n) is 3.95. The van der Waals surface area contributed by atoms with Crippen LogP contribution in [0.2, 0.25) is 0 Å². The van der Waals surface area contributed by atoms with Crippen LogP contribution in [0.4, 0.5) is 5.82 Å². The summed E-state index contributed by atoms with van der Waals surface area (Å²) in [6, 6.07) is 8.89. The Labute approximate surface area is 189 Å². The van der Waals surface area contributed by atoms with Crippen molar-refractivity contribution < 1.29 is 14.4 Å². The summed E-state index contributed by atoms with van der Waals surface area (Å²) in [7, 11) is 0. The summed E-state index contributed by atoms with van der Waals surface area (Å²) in [5.74, 6) is 0.384. The summed E-state index contributed by atoms with van der Waals surface area (Å²) in [6.07, 6.45) is 9.90.